The minimum Gasteiger partial charge on any atom is -0.367 e. The van der Waals surface area contributed by atoms with Gasteiger partial charge in [-0.15, -0.1) is 0 Å². The van der Waals surface area contributed by atoms with Crippen molar-refractivity contribution in [2.45, 2.75) is 57.4 Å². The molecule has 0 saturated heterocycles. The van der Waals surface area contributed by atoms with Gasteiger partial charge in [0.15, 0.2) is 0 Å². The van der Waals surface area contributed by atoms with Gasteiger partial charge in [0.2, 0.25) is 0 Å². The summed E-state index contributed by atoms with van der Waals surface area (Å²) in [5.41, 5.74) is 0.177. The minimum atomic E-state index is -0.531. The van der Waals surface area contributed by atoms with Crippen LogP contribution >= 0.6 is 0 Å². The van der Waals surface area contributed by atoms with Crippen LogP contribution in [-0.4, -0.2) is 5.54 Å². The molecule has 2 unspecified atom stereocenters. The largest absolute Gasteiger partial charge is 0.367 e. The van der Waals surface area contributed by atoms with Crippen molar-refractivity contribution in [1.82, 2.24) is 0 Å². The molecule has 20 heavy (non-hydrogen) atoms. The van der Waals surface area contributed by atoms with Crippen LogP contribution in [0.4, 0.5) is 10.1 Å². The molecule has 1 fully saturated rings. The Balaban J connectivity index is 2.08. The highest BCUT2D eigenvalue weighted by Crippen LogP contribution is 2.34. The van der Waals surface area contributed by atoms with E-state index in [9.17, 15) is 9.65 Å². The van der Waals surface area contributed by atoms with Crippen molar-refractivity contribution in [1.29, 1.82) is 5.26 Å². The van der Waals surface area contributed by atoms with E-state index in [1.54, 1.807) is 6.07 Å². The number of nitrogens with one attached hydrogen (secondary N) is 1. The summed E-state index contributed by atoms with van der Waals surface area (Å²) >= 11 is 0. The van der Waals surface area contributed by atoms with Gasteiger partial charge in [-0.2, -0.15) is 5.26 Å². The zero-order chi connectivity index (χ0) is 14.4. The lowest BCUT2D eigenvalue weighted by atomic mass is 9.90. The Labute approximate surface area is 121 Å². The molecule has 1 saturated carbocycles. The van der Waals surface area contributed by atoms with E-state index < -0.39 is 5.54 Å². The summed E-state index contributed by atoms with van der Waals surface area (Å²) in [6, 6.07) is 8.86. The molecule has 1 aromatic rings. The van der Waals surface area contributed by atoms with Crippen molar-refractivity contribution in [2.24, 2.45) is 5.92 Å². The van der Waals surface area contributed by atoms with Crippen LogP contribution in [0.3, 0.4) is 0 Å². The maximum Gasteiger partial charge on any atom is 0.125 e. The molecule has 1 aromatic carbocycles. The first kappa shape index (κ1) is 14.8. The van der Waals surface area contributed by atoms with Crippen LogP contribution in [0, 0.1) is 23.1 Å². The summed E-state index contributed by atoms with van der Waals surface area (Å²) in [5.74, 6) is 0.477. The van der Waals surface area contributed by atoms with Gasteiger partial charge in [-0.25, -0.2) is 4.39 Å². The molecular weight excluding hydrogens is 251 g/mol. The van der Waals surface area contributed by atoms with Gasteiger partial charge in [0.25, 0.3) is 0 Å². The Kier molecular flexibility index (Phi) is 5.00. The molecule has 0 amide bonds. The summed E-state index contributed by atoms with van der Waals surface area (Å²) in [7, 11) is 0. The van der Waals surface area contributed by atoms with E-state index in [2.05, 4.69) is 18.3 Å². The van der Waals surface area contributed by atoms with Gasteiger partial charge in [0.1, 0.15) is 11.4 Å². The smallest absolute Gasteiger partial charge is 0.125 e. The van der Waals surface area contributed by atoms with E-state index >= 15 is 0 Å². The first-order chi connectivity index (χ1) is 9.67. The average molecular weight is 274 g/mol. The predicted octanol–water partition coefficient (Wildman–Crippen LogP) is 4.88. The van der Waals surface area contributed by atoms with Crippen LogP contribution in [0.5, 0.6) is 0 Å². The zero-order valence-corrected chi connectivity index (χ0v) is 12.2. The van der Waals surface area contributed by atoms with Crippen molar-refractivity contribution >= 4 is 5.69 Å². The van der Waals surface area contributed by atoms with Crippen LogP contribution < -0.4 is 5.32 Å². The standard InChI is InChI=1S/C17H23FN2/c1-2-5-14-6-4-10-17(13-19,11-9-14)20-16-8-3-7-15(18)12-16/h3,7-8,12,14,20H,2,4-6,9-11H2,1H3. The lowest BCUT2D eigenvalue weighted by Gasteiger charge is -2.27. The number of nitrogens with zero attached hydrogens (tertiary/aromatic N) is 1. The molecule has 0 heterocycles. The Morgan fingerprint density at radius 2 is 2.25 bits per heavy atom. The fourth-order valence-electron chi connectivity index (χ4n) is 3.22. The Hall–Kier alpha value is -1.56. The molecule has 108 valence electrons. The highest BCUT2D eigenvalue weighted by Gasteiger charge is 2.33. The van der Waals surface area contributed by atoms with Crippen molar-refractivity contribution in [3.63, 3.8) is 0 Å². The molecule has 2 rings (SSSR count). The fourth-order valence-corrected chi connectivity index (χ4v) is 3.22. The lowest BCUT2D eigenvalue weighted by Crippen LogP contribution is -2.36. The van der Waals surface area contributed by atoms with Gasteiger partial charge in [-0.05, 0) is 49.8 Å². The third kappa shape index (κ3) is 3.72. The van der Waals surface area contributed by atoms with Gasteiger partial charge in [-0.3, -0.25) is 0 Å². The Morgan fingerprint density at radius 1 is 1.40 bits per heavy atom. The predicted molar refractivity (Wildman–Crippen MR) is 79.8 cm³/mol. The van der Waals surface area contributed by atoms with Gasteiger partial charge in [0.05, 0.1) is 6.07 Å². The molecule has 0 radical (unpaired) electrons. The van der Waals surface area contributed by atoms with Crippen molar-refractivity contribution < 1.29 is 4.39 Å². The molecule has 3 heteroatoms. The molecular formula is C17H23FN2. The highest BCUT2D eigenvalue weighted by atomic mass is 19.1. The minimum absolute atomic E-state index is 0.263. The van der Waals surface area contributed by atoms with Crippen molar-refractivity contribution in [2.75, 3.05) is 5.32 Å². The molecule has 1 aliphatic carbocycles. The Bertz CT molecular complexity index is 480. The summed E-state index contributed by atoms with van der Waals surface area (Å²) in [6.45, 7) is 2.22. The summed E-state index contributed by atoms with van der Waals surface area (Å²) in [6.07, 6.45) is 7.53. The van der Waals surface area contributed by atoms with Gasteiger partial charge in [-0.1, -0.05) is 32.3 Å². The summed E-state index contributed by atoms with van der Waals surface area (Å²) in [5, 5.41) is 12.9. The molecule has 2 atom stereocenters. The van der Waals surface area contributed by atoms with E-state index in [-0.39, 0.29) is 5.82 Å². The second kappa shape index (κ2) is 6.74. The normalized spacial score (nSPS) is 26.6. The summed E-state index contributed by atoms with van der Waals surface area (Å²) in [4.78, 5) is 0. The lowest BCUT2D eigenvalue weighted by molar-refractivity contribution is 0.416. The number of nitriles is 1. The quantitative estimate of drug-likeness (QED) is 0.794. The molecule has 0 aromatic heterocycles. The van der Waals surface area contributed by atoms with Crippen molar-refractivity contribution in [3.05, 3.63) is 30.1 Å². The third-order valence-electron chi connectivity index (χ3n) is 4.31. The second-order valence-corrected chi connectivity index (χ2v) is 5.91. The molecule has 0 spiro atoms. The second-order valence-electron chi connectivity index (χ2n) is 5.91. The molecule has 1 aliphatic rings. The SMILES string of the molecule is CCCC1CCCC(C#N)(Nc2cccc(F)c2)CC1. The van der Waals surface area contributed by atoms with Gasteiger partial charge >= 0.3 is 0 Å². The first-order valence-electron chi connectivity index (χ1n) is 7.62. The average Bonchev–Trinajstić information content (AvgIpc) is 2.63. The monoisotopic (exact) mass is 274 g/mol. The maximum atomic E-state index is 13.3. The maximum absolute atomic E-state index is 13.3. The fraction of sp³-hybridized carbons (Fsp3) is 0.588. The summed E-state index contributed by atoms with van der Waals surface area (Å²) < 4.78 is 13.3. The van der Waals surface area contributed by atoms with Gasteiger partial charge < -0.3 is 5.32 Å². The number of rotatable bonds is 4. The Morgan fingerprint density at radius 3 is 2.95 bits per heavy atom. The van der Waals surface area contributed by atoms with E-state index in [1.165, 1.54) is 31.4 Å². The molecule has 0 aliphatic heterocycles. The topological polar surface area (TPSA) is 35.8 Å². The third-order valence-corrected chi connectivity index (χ3v) is 4.31. The number of hydrogen-bond acceptors (Lipinski definition) is 2. The van der Waals surface area contributed by atoms with E-state index in [1.807, 2.05) is 6.07 Å². The number of anilines is 1. The van der Waals surface area contributed by atoms with E-state index in [0.29, 0.717) is 5.69 Å². The first-order valence-corrected chi connectivity index (χ1v) is 7.62. The van der Waals surface area contributed by atoms with Crippen LogP contribution in [-0.2, 0) is 0 Å². The number of benzene rings is 1. The van der Waals surface area contributed by atoms with Gasteiger partial charge in [0, 0.05) is 5.69 Å². The van der Waals surface area contributed by atoms with Crippen LogP contribution in [0.25, 0.3) is 0 Å². The highest BCUT2D eigenvalue weighted by molar-refractivity contribution is 5.47. The number of halogens is 1. The molecule has 1 N–H and O–H groups in total. The number of hydrogen-bond donors (Lipinski definition) is 1. The zero-order valence-electron chi connectivity index (χ0n) is 12.2. The molecule has 2 nitrogen and oxygen atoms in total. The van der Waals surface area contributed by atoms with Crippen LogP contribution in [0.15, 0.2) is 24.3 Å². The van der Waals surface area contributed by atoms with Crippen LogP contribution in [0.1, 0.15) is 51.9 Å². The van der Waals surface area contributed by atoms with E-state index in [4.69, 9.17) is 0 Å². The van der Waals surface area contributed by atoms with E-state index in [0.717, 1.165) is 31.6 Å². The van der Waals surface area contributed by atoms with Crippen LogP contribution in [0.2, 0.25) is 0 Å². The van der Waals surface area contributed by atoms with Crippen molar-refractivity contribution in [3.8, 4) is 6.07 Å². The molecule has 0 bridgehead atoms.